The number of carbonyl (C=O) groups is 1. The van der Waals surface area contributed by atoms with E-state index in [9.17, 15) is 4.79 Å². The van der Waals surface area contributed by atoms with Crippen LogP contribution in [0.3, 0.4) is 0 Å². The van der Waals surface area contributed by atoms with Crippen LogP contribution in [-0.4, -0.2) is 16.2 Å². The molecule has 0 spiro atoms. The van der Waals surface area contributed by atoms with E-state index in [4.69, 9.17) is 24.2 Å². The van der Waals surface area contributed by atoms with E-state index in [2.05, 4.69) is 0 Å². The van der Waals surface area contributed by atoms with Gasteiger partial charge in [-0.05, 0) is 12.1 Å². The van der Waals surface area contributed by atoms with Crippen molar-refractivity contribution in [3.63, 3.8) is 0 Å². The third-order valence-corrected chi connectivity index (χ3v) is 1.13. The van der Waals surface area contributed by atoms with Crippen LogP contribution in [0.1, 0.15) is 10.4 Å². The Labute approximate surface area is 104 Å². The Kier molecular flexibility index (Phi) is 9.74. The predicted molar refractivity (Wildman–Crippen MR) is 35.1 cm³/mol. The Bertz CT molecular complexity index is 303. The zero-order valence-corrected chi connectivity index (χ0v) is 9.25. The van der Waals surface area contributed by atoms with Crippen LogP contribution >= 0.6 is 0 Å². The minimum absolute atomic E-state index is 0. The zero-order chi connectivity index (χ0) is 11.1. The molecule has 0 radical (unpaired) electrons. The summed E-state index contributed by atoms with van der Waals surface area (Å²) < 4.78 is 25.2. The summed E-state index contributed by atoms with van der Waals surface area (Å²) in [6, 6.07) is 5.81. The summed E-state index contributed by atoms with van der Waals surface area (Å²) in [5.74, 6) is -1.31. The minimum Gasteiger partial charge on any atom is -0.507 e. The fraction of sp³-hybridized carbons (Fsp3) is 0. The molecule has 0 aliphatic rings. The van der Waals surface area contributed by atoms with Gasteiger partial charge in [0.25, 0.3) is 0 Å². The molecule has 8 heteroatoms. The second kappa shape index (κ2) is 8.69. The summed E-state index contributed by atoms with van der Waals surface area (Å²) in [5.41, 5.74) is -0.0671. The molecule has 0 aliphatic carbocycles. The van der Waals surface area contributed by atoms with Gasteiger partial charge < -0.3 is 24.2 Å². The molecule has 1 aromatic rings. The van der Waals surface area contributed by atoms with E-state index in [0.717, 1.165) is 0 Å². The van der Waals surface area contributed by atoms with E-state index < -0.39 is 16.8 Å². The number of aromatic hydroxyl groups is 1. The first-order chi connectivity index (χ1) is 6.45. The van der Waals surface area contributed by atoms with E-state index in [1.54, 1.807) is 12.1 Å². The van der Waals surface area contributed by atoms with Gasteiger partial charge in [0.2, 0.25) is 0 Å². The Morgan fingerprint density at radius 3 is 1.87 bits per heavy atom. The van der Waals surface area contributed by atoms with Gasteiger partial charge in [-0.1, -0.05) is 12.1 Å². The van der Waals surface area contributed by atoms with Crippen LogP contribution in [0.2, 0.25) is 0 Å². The summed E-state index contributed by atoms with van der Waals surface area (Å²) in [5, 5.41) is 17.3. The van der Waals surface area contributed by atoms with Crippen LogP contribution in [0.4, 0.5) is 0 Å². The van der Waals surface area contributed by atoms with Gasteiger partial charge in [-0.2, -0.15) is 0 Å². The van der Waals surface area contributed by atoms with Gasteiger partial charge in [0.05, 0.1) is 10.8 Å². The van der Waals surface area contributed by atoms with Gasteiger partial charge in [0, 0.05) is 0 Å². The van der Waals surface area contributed by atoms with Gasteiger partial charge in [-0.25, -0.2) is 4.79 Å². The average molecular weight is 329 g/mol. The summed E-state index contributed by atoms with van der Waals surface area (Å²) in [6.45, 7) is 0. The van der Waals surface area contributed by atoms with E-state index in [0.29, 0.717) is 0 Å². The molecule has 0 bridgehead atoms. The molecule has 0 fully saturated rings. The van der Waals surface area contributed by atoms with Crippen molar-refractivity contribution < 1.29 is 62.1 Å². The summed E-state index contributed by atoms with van der Waals surface area (Å²) in [4.78, 5) is 10.3. The molecule has 0 saturated heterocycles. The molecule has 6 nitrogen and oxygen atoms in total. The summed E-state index contributed by atoms with van der Waals surface area (Å²) >= 11 is 0. The van der Waals surface area contributed by atoms with Crippen molar-refractivity contribution in [2.45, 2.75) is 0 Å². The first-order valence-electron chi connectivity index (χ1n) is 3.19. The van der Waals surface area contributed by atoms with Crippen molar-refractivity contribution in [3.8, 4) is 5.75 Å². The number of hydrogen-bond donors (Lipinski definition) is 2. The van der Waals surface area contributed by atoms with Gasteiger partial charge in [-0.3, -0.25) is 0 Å². The summed E-state index contributed by atoms with van der Waals surface area (Å²) in [6.07, 6.45) is 0. The van der Waals surface area contributed by atoms with E-state index >= 15 is 0 Å². The molecule has 0 heterocycles. The maximum Gasteiger partial charge on any atom is 1.00 e. The number of carboxylic acid groups (broad SMARTS) is 1. The number of aromatic carboxylic acids is 1. The number of phenols is 1. The molecule has 88 valence electrons. The second-order valence-corrected chi connectivity index (χ2v) is 2.39. The zero-order valence-electron chi connectivity index (χ0n) is 7.02. The second-order valence-electron chi connectivity index (χ2n) is 2.01. The molecule has 0 aromatic heterocycles. The van der Waals surface area contributed by atoms with Crippen LogP contribution in [0.25, 0.3) is 0 Å². The van der Waals surface area contributed by atoms with Crippen molar-refractivity contribution in [1.29, 1.82) is 0 Å². The van der Waals surface area contributed by atoms with Crippen LogP contribution in [0, 0.1) is 10.8 Å². The molecule has 0 amide bonds. The van der Waals surface area contributed by atoms with Gasteiger partial charge >= 0.3 is 28.3 Å². The monoisotopic (exact) mass is 328 g/mol. The molecule has 1 aromatic carbocycles. The number of rotatable bonds is 1. The smallest absolute Gasteiger partial charge is 0.507 e. The normalized spacial score (nSPS) is 8.53. The molecule has 2 N–H and O–H groups in total. The molecular weight excluding hydrogens is 323 g/mol. The number of hydrogen-bond acceptors (Lipinski definition) is 5. The Morgan fingerprint density at radius 2 is 1.60 bits per heavy atom. The number of benzene rings is 1. The molecular formula is C7H6AgClO6. The Morgan fingerprint density at radius 1 is 1.20 bits per heavy atom. The average Bonchev–Trinajstić information content (AvgIpc) is 2.03. The largest absolute Gasteiger partial charge is 1.00 e. The van der Waals surface area contributed by atoms with Gasteiger partial charge in [0.1, 0.15) is 11.3 Å². The molecule has 0 atom stereocenters. The first-order valence-corrected chi connectivity index (χ1v) is 4.12. The van der Waals surface area contributed by atoms with Crippen LogP contribution in [0.15, 0.2) is 24.3 Å². The van der Waals surface area contributed by atoms with E-state index in [-0.39, 0.29) is 33.7 Å². The maximum absolute atomic E-state index is 10.3. The molecule has 0 unspecified atom stereocenters. The Balaban J connectivity index is 0. The van der Waals surface area contributed by atoms with Crippen molar-refractivity contribution in [3.05, 3.63) is 29.8 Å². The van der Waals surface area contributed by atoms with Crippen molar-refractivity contribution >= 4 is 5.97 Å². The topological polar surface area (TPSA) is 127 Å². The SMILES string of the molecule is O=C(O)c1ccccc1O.[Ag+].[O-][Cl+2]([O-])[O-]. The van der Waals surface area contributed by atoms with Crippen LogP contribution in [0.5, 0.6) is 5.75 Å². The molecule has 1 rings (SSSR count). The molecule has 15 heavy (non-hydrogen) atoms. The van der Waals surface area contributed by atoms with Crippen molar-refractivity contribution in [2.75, 3.05) is 0 Å². The fourth-order valence-electron chi connectivity index (χ4n) is 0.654. The molecule has 0 saturated carbocycles. The van der Waals surface area contributed by atoms with E-state index in [1.165, 1.54) is 12.1 Å². The van der Waals surface area contributed by atoms with Crippen LogP contribution < -0.4 is 14.0 Å². The number of para-hydroxylation sites is 1. The third-order valence-electron chi connectivity index (χ3n) is 1.13. The number of carboxylic acids is 1. The summed E-state index contributed by atoms with van der Waals surface area (Å²) in [7, 11) is -2.85. The quantitative estimate of drug-likeness (QED) is 0.549. The number of halogens is 1. The van der Waals surface area contributed by atoms with Crippen molar-refractivity contribution in [2.24, 2.45) is 0 Å². The third kappa shape index (κ3) is 8.40. The molecule has 0 aliphatic heterocycles. The maximum atomic E-state index is 10.3. The first kappa shape index (κ1) is 16.8. The predicted octanol–water partition coefficient (Wildman–Crippen LogP) is -2.48. The van der Waals surface area contributed by atoms with Gasteiger partial charge in [-0.15, -0.1) is 0 Å². The minimum atomic E-state index is -2.85. The Hall–Kier alpha value is -0.600. The van der Waals surface area contributed by atoms with Gasteiger partial charge in [0.15, 0.2) is 0 Å². The standard InChI is InChI=1S/C7H6O3.Ag.ClO3/c8-6-4-2-1-3-5(6)7(9)10;;2-1(3)4/h1-4,8H,(H,9,10);;/q;+1;-1. The van der Waals surface area contributed by atoms with Crippen molar-refractivity contribution in [1.82, 2.24) is 0 Å². The van der Waals surface area contributed by atoms with E-state index in [1.807, 2.05) is 0 Å². The fourth-order valence-corrected chi connectivity index (χ4v) is 0.654. The van der Waals surface area contributed by atoms with Crippen LogP contribution in [-0.2, 0) is 22.4 Å².